The Kier molecular flexibility index (Phi) is 5.00. The molecule has 0 fully saturated rings. The SMILES string of the molecule is CC(O)COn1c(=O)c(NCc2cccc(F)c2)cc2ccccc21. The predicted molar refractivity (Wildman–Crippen MR) is 95.1 cm³/mol. The van der Waals surface area contributed by atoms with Crippen LogP contribution >= 0.6 is 0 Å². The first kappa shape index (κ1) is 17.0. The number of aliphatic hydroxyl groups excluding tert-OH is 1. The lowest BCUT2D eigenvalue weighted by atomic mass is 10.2. The molecule has 2 aromatic carbocycles. The standard InChI is InChI=1S/C19H19FN2O3/c1-13(23)12-25-22-18-8-3-2-6-15(18)10-17(19(22)24)21-11-14-5-4-7-16(20)9-14/h2-10,13,21,23H,11-12H2,1H3. The maximum atomic E-state index is 13.3. The Bertz CT molecular complexity index is 937. The summed E-state index contributed by atoms with van der Waals surface area (Å²) in [6.07, 6.45) is -0.699. The smallest absolute Gasteiger partial charge is 0.306 e. The molecule has 3 rings (SSSR count). The van der Waals surface area contributed by atoms with E-state index in [0.717, 1.165) is 10.9 Å². The summed E-state index contributed by atoms with van der Waals surface area (Å²) in [4.78, 5) is 18.2. The van der Waals surface area contributed by atoms with Crippen LogP contribution in [0.5, 0.6) is 0 Å². The molecular formula is C19H19FN2O3. The largest absolute Gasteiger partial charge is 0.407 e. The van der Waals surface area contributed by atoms with E-state index in [1.807, 2.05) is 18.2 Å². The normalized spacial score (nSPS) is 12.1. The quantitative estimate of drug-likeness (QED) is 0.723. The van der Waals surface area contributed by atoms with Crippen LogP contribution in [0.1, 0.15) is 12.5 Å². The molecule has 130 valence electrons. The molecule has 0 aliphatic carbocycles. The second-order valence-electron chi connectivity index (χ2n) is 5.84. The van der Waals surface area contributed by atoms with E-state index in [4.69, 9.17) is 4.84 Å². The van der Waals surface area contributed by atoms with Crippen molar-refractivity contribution in [3.8, 4) is 0 Å². The number of para-hydroxylation sites is 1. The number of hydrogen-bond donors (Lipinski definition) is 2. The lowest BCUT2D eigenvalue weighted by Crippen LogP contribution is -2.32. The van der Waals surface area contributed by atoms with Crippen LogP contribution in [-0.4, -0.2) is 22.5 Å². The summed E-state index contributed by atoms with van der Waals surface area (Å²) < 4.78 is 14.5. The fourth-order valence-electron chi connectivity index (χ4n) is 2.51. The van der Waals surface area contributed by atoms with Gasteiger partial charge in [0.15, 0.2) is 0 Å². The first-order valence-corrected chi connectivity index (χ1v) is 7.99. The van der Waals surface area contributed by atoms with Gasteiger partial charge in [-0.3, -0.25) is 4.79 Å². The summed E-state index contributed by atoms with van der Waals surface area (Å²) in [5.74, 6) is -0.324. The van der Waals surface area contributed by atoms with Gasteiger partial charge in [-0.2, -0.15) is 0 Å². The predicted octanol–water partition coefficient (Wildman–Crippen LogP) is 2.56. The van der Waals surface area contributed by atoms with Crippen LogP contribution in [-0.2, 0) is 6.54 Å². The van der Waals surface area contributed by atoms with E-state index >= 15 is 0 Å². The van der Waals surface area contributed by atoms with Crippen molar-refractivity contribution >= 4 is 16.6 Å². The Morgan fingerprint density at radius 1 is 1.20 bits per heavy atom. The molecule has 0 spiro atoms. The highest BCUT2D eigenvalue weighted by Gasteiger charge is 2.11. The van der Waals surface area contributed by atoms with Gasteiger partial charge in [0.1, 0.15) is 18.1 Å². The van der Waals surface area contributed by atoms with Gasteiger partial charge in [0.05, 0.1) is 11.6 Å². The number of hydrogen-bond acceptors (Lipinski definition) is 4. The number of nitrogens with one attached hydrogen (secondary N) is 1. The molecule has 1 aromatic heterocycles. The average Bonchev–Trinajstić information content (AvgIpc) is 2.59. The average molecular weight is 342 g/mol. The lowest BCUT2D eigenvalue weighted by Gasteiger charge is -2.15. The van der Waals surface area contributed by atoms with E-state index in [1.54, 1.807) is 31.2 Å². The number of anilines is 1. The zero-order valence-corrected chi connectivity index (χ0v) is 13.8. The Balaban J connectivity index is 1.94. The fourth-order valence-corrected chi connectivity index (χ4v) is 2.51. The van der Waals surface area contributed by atoms with Gasteiger partial charge in [-0.15, -0.1) is 4.73 Å². The number of nitrogens with zero attached hydrogens (tertiary/aromatic N) is 1. The molecule has 0 aliphatic heterocycles. The summed E-state index contributed by atoms with van der Waals surface area (Å²) in [6, 6.07) is 15.2. The number of halogens is 1. The van der Waals surface area contributed by atoms with Gasteiger partial charge in [0.25, 0.3) is 0 Å². The van der Waals surface area contributed by atoms with Crippen molar-refractivity contribution in [2.24, 2.45) is 0 Å². The van der Waals surface area contributed by atoms with Crippen LogP contribution < -0.4 is 15.7 Å². The number of benzene rings is 2. The highest BCUT2D eigenvalue weighted by molar-refractivity contribution is 5.81. The number of aliphatic hydroxyl groups is 1. The molecule has 0 aliphatic rings. The van der Waals surface area contributed by atoms with Crippen LogP contribution in [0.4, 0.5) is 10.1 Å². The molecular weight excluding hydrogens is 323 g/mol. The zero-order chi connectivity index (χ0) is 17.8. The van der Waals surface area contributed by atoms with E-state index in [9.17, 15) is 14.3 Å². The number of rotatable bonds is 6. The maximum Gasteiger partial charge on any atom is 0.306 e. The number of aromatic nitrogens is 1. The summed E-state index contributed by atoms with van der Waals surface area (Å²) in [7, 11) is 0. The highest BCUT2D eigenvalue weighted by Crippen LogP contribution is 2.16. The first-order chi connectivity index (χ1) is 12.0. The lowest BCUT2D eigenvalue weighted by molar-refractivity contribution is 0.0365. The van der Waals surface area contributed by atoms with Gasteiger partial charge in [0, 0.05) is 11.9 Å². The highest BCUT2D eigenvalue weighted by atomic mass is 19.1. The molecule has 0 saturated heterocycles. The van der Waals surface area contributed by atoms with Crippen molar-refractivity contribution in [3.63, 3.8) is 0 Å². The van der Waals surface area contributed by atoms with Crippen molar-refractivity contribution < 1.29 is 14.3 Å². The molecule has 1 heterocycles. The summed E-state index contributed by atoms with van der Waals surface area (Å²) >= 11 is 0. The van der Waals surface area contributed by atoms with Crippen LogP contribution in [0.2, 0.25) is 0 Å². The van der Waals surface area contributed by atoms with Gasteiger partial charge >= 0.3 is 5.56 Å². The van der Waals surface area contributed by atoms with Crippen molar-refractivity contribution in [3.05, 3.63) is 76.3 Å². The monoisotopic (exact) mass is 342 g/mol. The minimum Gasteiger partial charge on any atom is -0.407 e. The molecule has 0 radical (unpaired) electrons. The van der Waals surface area contributed by atoms with Crippen molar-refractivity contribution in [1.29, 1.82) is 0 Å². The molecule has 25 heavy (non-hydrogen) atoms. The molecule has 3 aromatic rings. The molecule has 2 N–H and O–H groups in total. The number of fused-ring (bicyclic) bond motifs is 1. The molecule has 0 bridgehead atoms. The first-order valence-electron chi connectivity index (χ1n) is 7.99. The third kappa shape index (κ3) is 3.97. The van der Waals surface area contributed by atoms with E-state index in [0.29, 0.717) is 17.7 Å². The van der Waals surface area contributed by atoms with Crippen LogP contribution in [0.3, 0.4) is 0 Å². The van der Waals surface area contributed by atoms with E-state index in [2.05, 4.69) is 5.32 Å². The fraction of sp³-hybridized carbons (Fsp3) is 0.211. The van der Waals surface area contributed by atoms with Crippen LogP contribution in [0.15, 0.2) is 59.4 Å². The maximum absolute atomic E-state index is 13.3. The van der Waals surface area contributed by atoms with Crippen LogP contribution in [0, 0.1) is 5.82 Å². The van der Waals surface area contributed by atoms with Gasteiger partial charge < -0.3 is 15.3 Å². The van der Waals surface area contributed by atoms with Crippen LogP contribution in [0.25, 0.3) is 10.9 Å². The topological polar surface area (TPSA) is 63.5 Å². The van der Waals surface area contributed by atoms with E-state index < -0.39 is 6.10 Å². The third-order valence-corrected chi connectivity index (χ3v) is 3.69. The zero-order valence-electron chi connectivity index (χ0n) is 13.8. The summed E-state index contributed by atoms with van der Waals surface area (Å²) in [5, 5.41) is 13.3. The van der Waals surface area contributed by atoms with Crippen molar-refractivity contribution in [1.82, 2.24) is 4.73 Å². The second kappa shape index (κ2) is 7.36. The van der Waals surface area contributed by atoms with Gasteiger partial charge in [-0.05, 0) is 36.8 Å². The molecule has 6 heteroatoms. The molecule has 1 atom stereocenters. The Labute approximate surface area is 144 Å². The second-order valence-corrected chi connectivity index (χ2v) is 5.84. The molecule has 0 saturated carbocycles. The molecule has 1 unspecified atom stereocenters. The minimum atomic E-state index is -0.699. The number of pyridine rings is 1. The Morgan fingerprint density at radius 3 is 2.76 bits per heavy atom. The third-order valence-electron chi connectivity index (χ3n) is 3.69. The summed E-state index contributed by atoms with van der Waals surface area (Å²) in [6.45, 7) is 1.89. The van der Waals surface area contributed by atoms with E-state index in [-0.39, 0.29) is 18.0 Å². The Hall–Kier alpha value is -2.86. The van der Waals surface area contributed by atoms with Crippen molar-refractivity contribution in [2.45, 2.75) is 19.6 Å². The van der Waals surface area contributed by atoms with Gasteiger partial charge in [-0.1, -0.05) is 30.3 Å². The summed E-state index contributed by atoms with van der Waals surface area (Å²) in [5.41, 5.74) is 1.32. The minimum absolute atomic E-state index is 0.00273. The van der Waals surface area contributed by atoms with Gasteiger partial charge in [0.2, 0.25) is 0 Å². The molecule has 0 amide bonds. The van der Waals surface area contributed by atoms with E-state index in [1.165, 1.54) is 16.9 Å². The van der Waals surface area contributed by atoms with Gasteiger partial charge in [-0.25, -0.2) is 4.39 Å². The van der Waals surface area contributed by atoms with Crippen molar-refractivity contribution in [2.75, 3.05) is 11.9 Å². The Morgan fingerprint density at radius 2 is 2.00 bits per heavy atom. The molecule has 5 nitrogen and oxygen atoms in total.